The number of carbonyl (C=O) groups is 6. The first-order valence-electron chi connectivity index (χ1n) is 45.5. The van der Waals surface area contributed by atoms with E-state index >= 15 is 28.8 Å². The Kier molecular flexibility index (Phi) is 36.3. The molecule has 0 amide bonds. The molecule has 0 bridgehead atoms. The summed E-state index contributed by atoms with van der Waals surface area (Å²) in [5.41, 5.74) is 5.54. The van der Waals surface area contributed by atoms with Crippen molar-refractivity contribution < 1.29 is 124 Å². The van der Waals surface area contributed by atoms with E-state index in [-0.39, 0.29) is 84.5 Å². The van der Waals surface area contributed by atoms with Crippen LogP contribution in [0.25, 0.3) is 0 Å². The van der Waals surface area contributed by atoms with Crippen LogP contribution in [-0.2, 0) is 134 Å². The maximum absolute atomic E-state index is 15.2. The molecule has 0 unspecified atom stereocenters. The summed E-state index contributed by atoms with van der Waals surface area (Å²) in [6, 6.07) is 106. The summed E-state index contributed by atoms with van der Waals surface area (Å²) in [5.74, 6) is -5.82. The van der Waals surface area contributed by atoms with Crippen LogP contribution in [0.15, 0.2) is 364 Å². The summed E-state index contributed by atoms with van der Waals surface area (Å²) in [6.45, 7) is -0.367. The van der Waals surface area contributed by atoms with Crippen LogP contribution in [0.2, 0.25) is 0 Å². The van der Waals surface area contributed by atoms with Gasteiger partial charge in [-0.15, -0.1) is 0 Å². The highest BCUT2D eigenvalue weighted by molar-refractivity contribution is 8.76. The van der Waals surface area contributed by atoms with E-state index in [9.17, 15) is 0 Å². The number of ether oxygens (including phenoxy) is 20. The van der Waals surface area contributed by atoms with Crippen LogP contribution in [0.5, 0.6) is 0 Å². The average molecular weight is 1910 g/mol. The van der Waals surface area contributed by atoms with Crippen LogP contribution in [0.3, 0.4) is 0 Å². The van der Waals surface area contributed by atoms with Crippen molar-refractivity contribution in [3.8, 4) is 0 Å². The van der Waals surface area contributed by atoms with E-state index in [0.29, 0.717) is 0 Å². The fraction of sp³-hybridized carbons (Fsp3) is 0.291. The second-order valence-corrected chi connectivity index (χ2v) is 35.4. The third kappa shape index (κ3) is 26.9. The van der Waals surface area contributed by atoms with Gasteiger partial charge in [0.2, 0.25) is 0 Å². The topological polar surface area (TPSA) is 287 Å². The molecule has 20 atom stereocenters. The second kappa shape index (κ2) is 50.8. The molecule has 714 valence electrons. The van der Waals surface area contributed by atoms with Crippen molar-refractivity contribution >= 4 is 57.4 Å². The van der Waals surface area contributed by atoms with Gasteiger partial charge in [-0.1, -0.05) is 313 Å². The minimum Gasteiger partial charge on any atom is -0.452 e. The molecule has 12 aromatic carbocycles. The molecule has 16 rings (SSSR count). The van der Waals surface area contributed by atoms with Crippen LogP contribution in [0.4, 0.5) is 0 Å². The van der Waals surface area contributed by atoms with Crippen molar-refractivity contribution in [3.05, 3.63) is 431 Å². The average Bonchev–Trinajstić information content (AvgIpc) is 0.764. The molecule has 4 heterocycles. The molecular weight excluding hydrogens is 1800 g/mol. The Balaban J connectivity index is 0.773. The third-order valence-corrected chi connectivity index (χ3v) is 25.9. The quantitative estimate of drug-likeness (QED) is 0.0148. The lowest BCUT2D eigenvalue weighted by Crippen LogP contribution is -2.64. The molecular formula is C110H106O26S2. The summed E-state index contributed by atoms with van der Waals surface area (Å²) in [4.78, 5) is 91.0. The molecule has 0 aromatic heterocycles. The van der Waals surface area contributed by atoms with E-state index in [2.05, 4.69) is 0 Å². The first-order chi connectivity index (χ1) is 67.8. The lowest BCUT2D eigenvalue weighted by atomic mass is 9.97. The highest BCUT2D eigenvalue weighted by Gasteiger charge is 2.58. The number of hydrogen-bond acceptors (Lipinski definition) is 28. The van der Waals surface area contributed by atoms with Crippen molar-refractivity contribution in [3.63, 3.8) is 0 Å². The largest absolute Gasteiger partial charge is 0.452 e. The van der Waals surface area contributed by atoms with Gasteiger partial charge in [0.15, 0.2) is 61.8 Å². The Hall–Kier alpha value is -12.4. The molecule has 4 aliphatic rings. The standard InChI is InChI=1S/C110H106O26S2/c1-117-107-97(123-67-77-47-23-7-24-48-77)93(121-65-75-43-19-5-20-44-75)89(119-63-73-39-15-3-16-40-73)85(127-107)69-125-109-99(135-105(115)83-59-35-13-36-60-83)95(133-103(113)81-55-31-11-32-56-81)91(131-101(111)79-51-27-9-28-52-79)87(129-109)71-137-138-72-88-92(132-102(112)80-53-29-10-30-54-80)96(134-104(114)82-57-33-12-34-58-82)100(136-106(116)84-61-37-14-38-62-84)110(130-88)126-70-86-90(120-64-74-41-17-4-18-42-74)94(122-66-76-45-21-6-22-46-76)98(108(118-2)128-86)124-68-78-49-25-8-26-50-78/h3-62,85-100,107-110H,63-72H2,1-2H3/t85-,86-,87-,88-,89+,90+,91-,92-,93+,94+,95+,96+,97-,98-,99-,100-,107+,108+,109-,110-/m1/s1. The number of methoxy groups -OCH3 is 2. The van der Waals surface area contributed by atoms with E-state index in [0.717, 1.165) is 55.0 Å². The van der Waals surface area contributed by atoms with Crippen LogP contribution in [-0.4, -0.2) is 198 Å². The maximum Gasteiger partial charge on any atom is 0.338 e. The van der Waals surface area contributed by atoms with E-state index in [1.807, 2.05) is 182 Å². The predicted octanol–water partition coefficient (Wildman–Crippen LogP) is 17.5. The molecule has 4 fully saturated rings. The van der Waals surface area contributed by atoms with Gasteiger partial charge in [0.05, 0.1) is 86.2 Å². The Labute approximate surface area is 808 Å². The lowest BCUT2D eigenvalue weighted by molar-refractivity contribution is -0.338. The molecule has 138 heavy (non-hydrogen) atoms. The normalized spacial score (nSPS) is 24.6. The predicted molar refractivity (Wildman–Crippen MR) is 509 cm³/mol. The molecule has 12 aromatic rings. The fourth-order valence-electron chi connectivity index (χ4n) is 16.4. The smallest absolute Gasteiger partial charge is 0.338 e. The van der Waals surface area contributed by atoms with Crippen molar-refractivity contribution in [2.24, 2.45) is 0 Å². The summed E-state index contributed by atoms with van der Waals surface area (Å²) in [7, 11) is 5.24. The number of benzene rings is 12. The van der Waals surface area contributed by atoms with E-state index in [1.54, 1.807) is 158 Å². The van der Waals surface area contributed by atoms with Crippen molar-refractivity contribution in [2.75, 3.05) is 38.9 Å². The number of carbonyl (C=O) groups excluding carboxylic acids is 6. The Morgan fingerprint density at radius 1 is 0.203 bits per heavy atom. The van der Waals surface area contributed by atoms with E-state index in [1.165, 1.54) is 38.5 Å². The van der Waals surface area contributed by atoms with Crippen LogP contribution in [0.1, 0.15) is 95.5 Å². The molecule has 0 radical (unpaired) electrons. The fourth-order valence-corrected chi connectivity index (χ4v) is 18.8. The molecule has 28 heteroatoms. The zero-order valence-corrected chi connectivity index (χ0v) is 77.3. The van der Waals surface area contributed by atoms with Gasteiger partial charge in [-0.2, -0.15) is 0 Å². The monoisotopic (exact) mass is 1910 g/mol. The molecule has 26 nitrogen and oxygen atoms in total. The molecule has 4 aliphatic heterocycles. The minimum absolute atomic E-state index is 0.0480. The molecule has 0 saturated carbocycles. The Morgan fingerprint density at radius 2 is 0.391 bits per heavy atom. The van der Waals surface area contributed by atoms with Crippen molar-refractivity contribution in [2.45, 2.75) is 162 Å². The zero-order valence-electron chi connectivity index (χ0n) is 75.7. The van der Waals surface area contributed by atoms with Gasteiger partial charge in [0.25, 0.3) is 0 Å². The van der Waals surface area contributed by atoms with Crippen LogP contribution < -0.4 is 0 Å². The highest BCUT2D eigenvalue weighted by atomic mass is 33.1. The SMILES string of the molecule is CO[C@H]1O[C@H](CO[C@@H]2O[C@H](CSSC[C@H]3O[C@@H](OC[C@H]4O[C@H](OC)[C@H](OCc5ccccc5)[C@@H](OCc5ccccc5)[C@H]4OCc4ccccc4)[C@H](OC(=O)c4ccccc4)[C@@H](OC(=O)c4ccccc4)[C@@H]3OC(=O)c3ccccc3)[C@@H](OC(=O)c3ccccc3)[C@H](OC(=O)c3ccccc3)[C@H]2OC(=O)c2ccccc2)[C@H](OCc2ccccc2)[C@H](OCc2ccccc2)[C@H]1OCc1ccccc1. The van der Waals surface area contributed by atoms with Gasteiger partial charge in [-0.25, -0.2) is 28.8 Å². The zero-order chi connectivity index (χ0) is 95.0. The van der Waals surface area contributed by atoms with Crippen LogP contribution in [0, 0.1) is 0 Å². The Bertz CT molecular complexity index is 5370. The second-order valence-electron chi connectivity index (χ2n) is 32.9. The molecule has 0 N–H and O–H groups in total. The summed E-state index contributed by atoms with van der Waals surface area (Å²) in [6.07, 6.45) is -27.3. The molecule has 4 saturated heterocycles. The molecule has 0 aliphatic carbocycles. The van der Waals surface area contributed by atoms with Gasteiger partial charge in [-0.05, 0) is 106 Å². The van der Waals surface area contributed by atoms with Crippen molar-refractivity contribution in [1.29, 1.82) is 0 Å². The van der Waals surface area contributed by atoms with E-state index < -0.39 is 172 Å². The first-order valence-corrected chi connectivity index (χ1v) is 48.0. The van der Waals surface area contributed by atoms with Gasteiger partial charge in [-0.3, -0.25) is 0 Å². The number of esters is 6. The maximum atomic E-state index is 15.2. The summed E-state index contributed by atoms with van der Waals surface area (Å²) < 4.78 is 137. The third-order valence-electron chi connectivity index (χ3n) is 23.5. The van der Waals surface area contributed by atoms with Crippen molar-refractivity contribution in [1.82, 2.24) is 0 Å². The number of hydrogen-bond donors (Lipinski definition) is 0. The minimum atomic E-state index is -1.79. The van der Waals surface area contributed by atoms with Gasteiger partial charge >= 0.3 is 35.8 Å². The highest BCUT2D eigenvalue weighted by Crippen LogP contribution is 2.42. The number of rotatable bonds is 43. The Morgan fingerprint density at radius 3 is 0.616 bits per heavy atom. The van der Waals surface area contributed by atoms with Gasteiger partial charge < -0.3 is 94.7 Å². The first kappa shape index (κ1) is 98.6. The van der Waals surface area contributed by atoms with E-state index in [4.69, 9.17) is 94.7 Å². The summed E-state index contributed by atoms with van der Waals surface area (Å²) >= 11 is 0. The summed E-state index contributed by atoms with van der Waals surface area (Å²) in [5, 5.41) is 0. The molecule has 0 spiro atoms. The lowest BCUT2D eigenvalue weighted by Gasteiger charge is -2.47. The van der Waals surface area contributed by atoms with Gasteiger partial charge in [0.1, 0.15) is 61.0 Å². The van der Waals surface area contributed by atoms with Gasteiger partial charge in [0, 0.05) is 25.7 Å². The van der Waals surface area contributed by atoms with Crippen LogP contribution >= 0.6 is 21.6 Å².